The molecule has 3 aliphatic rings. The van der Waals surface area contributed by atoms with Crippen LogP contribution in [0.5, 0.6) is 0 Å². The van der Waals surface area contributed by atoms with E-state index in [9.17, 15) is 9.59 Å². The highest BCUT2D eigenvalue weighted by atomic mass is 32.2. The van der Waals surface area contributed by atoms with Crippen molar-refractivity contribution >= 4 is 23.6 Å². The maximum Gasteiger partial charge on any atom is 0.249 e. The number of piperazine rings is 1. The zero-order valence-electron chi connectivity index (χ0n) is 13.2. The van der Waals surface area contributed by atoms with Crippen LogP contribution >= 0.6 is 11.8 Å². The number of nitrogens with zero attached hydrogens (tertiary/aromatic N) is 1. The molecular weight excluding hydrogens is 284 g/mol. The Morgan fingerprint density at radius 3 is 2.57 bits per heavy atom. The summed E-state index contributed by atoms with van der Waals surface area (Å²) in [5, 5.41) is 3.54. The van der Waals surface area contributed by atoms with Crippen molar-refractivity contribution in [2.75, 3.05) is 6.26 Å². The van der Waals surface area contributed by atoms with E-state index in [-0.39, 0.29) is 23.9 Å². The lowest BCUT2D eigenvalue weighted by Crippen LogP contribution is -2.72. The lowest BCUT2D eigenvalue weighted by Gasteiger charge is -2.48. The van der Waals surface area contributed by atoms with Gasteiger partial charge in [-0.15, -0.1) is 0 Å². The monoisotopic (exact) mass is 310 g/mol. The third-order valence-electron chi connectivity index (χ3n) is 5.56. The Balaban J connectivity index is 1.93. The summed E-state index contributed by atoms with van der Waals surface area (Å²) in [4.78, 5) is 27.7. The number of hydrogen-bond donors (Lipinski definition) is 1. The molecule has 3 fully saturated rings. The minimum atomic E-state index is -0.658. The second-order valence-electron chi connectivity index (χ2n) is 6.87. The van der Waals surface area contributed by atoms with Gasteiger partial charge in [-0.1, -0.05) is 13.3 Å². The molecule has 4 unspecified atom stereocenters. The Kier molecular flexibility index (Phi) is 3.97. The van der Waals surface area contributed by atoms with E-state index >= 15 is 0 Å². The van der Waals surface area contributed by atoms with Crippen molar-refractivity contribution in [3.8, 4) is 0 Å². The average Bonchev–Trinajstić information content (AvgIpc) is 3.22. The Morgan fingerprint density at radius 2 is 2.00 bits per heavy atom. The molecule has 0 spiro atoms. The molecule has 1 N–H and O–H groups in total. The molecule has 0 aromatic heterocycles. The molecule has 2 amide bonds. The molecule has 0 aromatic carbocycles. The van der Waals surface area contributed by atoms with E-state index < -0.39 is 5.54 Å². The van der Waals surface area contributed by atoms with Crippen LogP contribution in [0.1, 0.15) is 52.4 Å². The third-order valence-corrected chi connectivity index (χ3v) is 6.71. The van der Waals surface area contributed by atoms with Crippen LogP contribution in [-0.4, -0.2) is 45.8 Å². The number of hydrogen-bond acceptors (Lipinski definition) is 3. The highest BCUT2D eigenvalue weighted by Crippen LogP contribution is 2.44. The first kappa shape index (κ1) is 15.2. The van der Waals surface area contributed by atoms with Gasteiger partial charge in [-0.2, -0.15) is 11.8 Å². The first-order chi connectivity index (χ1) is 10.0. The molecule has 5 heteroatoms. The average molecular weight is 310 g/mol. The fourth-order valence-corrected chi connectivity index (χ4v) is 5.11. The summed E-state index contributed by atoms with van der Waals surface area (Å²) in [5.74, 6) is 0.559. The molecule has 0 bridgehead atoms. The van der Waals surface area contributed by atoms with Crippen molar-refractivity contribution in [2.24, 2.45) is 5.92 Å². The van der Waals surface area contributed by atoms with Crippen LogP contribution < -0.4 is 5.32 Å². The lowest BCUT2D eigenvalue weighted by molar-refractivity contribution is -0.158. The lowest BCUT2D eigenvalue weighted by atomic mass is 9.87. The van der Waals surface area contributed by atoms with Gasteiger partial charge in [-0.25, -0.2) is 0 Å². The number of carbonyl (C=O) groups is 2. The normalized spacial score (nSPS) is 40.5. The van der Waals surface area contributed by atoms with E-state index in [2.05, 4.69) is 11.6 Å². The predicted octanol–water partition coefficient (Wildman–Crippen LogP) is 2.18. The summed E-state index contributed by atoms with van der Waals surface area (Å²) >= 11 is 1.85. The molecule has 1 heterocycles. The quantitative estimate of drug-likeness (QED) is 0.866. The summed E-state index contributed by atoms with van der Waals surface area (Å²) in [6, 6.07) is -0.0383. The van der Waals surface area contributed by atoms with Gasteiger partial charge in [0.25, 0.3) is 0 Å². The van der Waals surface area contributed by atoms with Crippen molar-refractivity contribution in [1.29, 1.82) is 0 Å². The standard InChI is InChI=1S/C16H26N2O2S/c1-4-11-14(19)17-16(2,10-8-9-10)15(20)18(11)12-6-5-7-13(12)21-3/h10-13H,4-9H2,1-3H3,(H,17,19). The van der Waals surface area contributed by atoms with Gasteiger partial charge >= 0.3 is 0 Å². The van der Waals surface area contributed by atoms with E-state index in [1.807, 2.05) is 30.5 Å². The summed E-state index contributed by atoms with van der Waals surface area (Å²) < 4.78 is 0. The molecule has 118 valence electrons. The number of nitrogens with one attached hydrogen (secondary N) is 1. The maximum atomic E-state index is 13.2. The summed E-state index contributed by atoms with van der Waals surface area (Å²) in [6.45, 7) is 3.94. The molecule has 2 aliphatic carbocycles. The molecule has 1 saturated heterocycles. The van der Waals surface area contributed by atoms with Crippen molar-refractivity contribution in [2.45, 2.75) is 75.2 Å². The fourth-order valence-electron chi connectivity index (χ4n) is 4.13. The maximum absolute atomic E-state index is 13.2. The van der Waals surface area contributed by atoms with Gasteiger partial charge in [0.2, 0.25) is 11.8 Å². The second kappa shape index (κ2) is 5.49. The highest BCUT2D eigenvalue weighted by Gasteiger charge is 2.57. The molecule has 4 nitrogen and oxygen atoms in total. The minimum Gasteiger partial charge on any atom is -0.340 e. The van der Waals surface area contributed by atoms with Gasteiger partial charge in [0.05, 0.1) is 0 Å². The van der Waals surface area contributed by atoms with E-state index in [4.69, 9.17) is 0 Å². The number of thioether (sulfide) groups is 1. The van der Waals surface area contributed by atoms with Crippen LogP contribution in [-0.2, 0) is 9.59 Å². The van der Waals surface area contributed by atoms with Crippen LogP contribution in [0, 0.1) is 5.92 Å². The van der Waals surface area contributed by atoms with Gasteiger partial charge in [0.15, 0.2) is 0 Å². The molecule has 4 atom stereocenters. The largest absolute Gasteiger partial charge is 0.340 e. The first-order valence-corrected chi connectivity index (χ1v) is 9.49. The molecule has 0 aromatic rings. The molecule has 2 saturated carbocycles. The number of rotatable bonds is 4. The van der Waals surface area contributed by atoms with E-state index in [1.165, 1.54) is 0 Å². The third kappa shape index (κ3) is 2.37. The molecular formula is C16H26N2O2S. The Bertz CT molecular complexity index is 452. The predicted molar refractivity (Wildman–Crippen MR) is 85.1 cm³/mol. The molecule has 21 heavy (non-hydrogen) atoms. The Labute approximate surface area is 131 Å². The van der Waals surface area contributed by atoms with E-state index in [0.29, 0.717) is 17.6 Å². The first-order valence-electron chi connectivity index (χ1n) is 8.20. The van der Waals surface area contributed by atoms with Crippen molar-refractivity contribution < 1.29 is 9.59 Å². The molecule has 3 rings (SSSR count). The van der Waals surface area contributed by atoms with Gasteiger partial charge in [0.1, 0.15) is 11.6 Å². The van der Waals surface area contributed by atoms with Crippen molar-refractivity contribution in [3.05, 3.63) is 0 Å². The minimum absolute atomic E-state index is 0.0539. The van der Waals surface area contributed by atoms with Crippen molar-refractivity contribution in [3.63, 3.8) is 0 Å². The molecule has 1 aliphatic heterocycles. The van der Waals surface area contributed by atoms with Gasteiger partial charge in [-0.3, -0.25) is 9.59 Å². The SMILES string of the molecule is CCC1C(=O)NC(C)(C2CC2)C(=O)N1C1CCCC1SC. The van der Waals surface area contributed by atoms with Crippen LogP contribution in [0.3, 0.4) is 0 Å². The summed E-state index contributed by atoms with van der Waals surface area (Å²) in [7, 11) is 0. The smallest absolute Gasteiger partial charge is 0.249 e. The summed E-state index contributed by atoms with van der Waals surface area (Å²) in [6.07, 6.45) is 8.32. The number of carbonyl (C=O) groups excluding carboxylic acids is 2. The van der Waals surface area contributed by atoms with Gasteiger partial charge < -0.3 is 10.2 Å². The molecule has 0 radical (unpaired) electrons. The number of amides is 2. The zero-order valence-corrected chi connectivity index (χ0v) is 14.0. The van der Waals surface area contributed by atoms with Crippen LogP contribution in [0.4, 0.5) is 0 Å². The zero-order chi connectivity index (χ0) is 15.2. The fraction of sp³-hybridized carbons (Fsp3) is 0.875. The topological polar surface area (TPSA) is 49.4 Å². The van der Waals surface area contributed by atoms with Gasteiger partial charge in [-0.05, 0) is 51.2 Å². The van der Waals surface area contributed by atoms with Crippen LogP contribution in [0.25, 0.3) is 0 Å². The second-order valence-corrected chi connectivity index (χ2v) is 7.95. The van der Waals surface area contributed by atoms with Gasteiger partial charge in [0, 0.05) is 11.3 Å². The Hall–Kier alpha value is -0.710. The van der Waals surface area contributed by atoms with Crippen LogP contribution in [0.2, 0.25) is 0 Å². The van der Waals surface area contributed by atoms with E-state index in [1.54, 1.807) is 0 Å². The van der Waals surface area contributed by atoms with E-state index in [0.717, 1.165) is 32.1 Å². The highest BCUT2D eigenvalue weighted by molar-refractivity contribution is 7.99. The van der Waals surface area contributed by atoms with Crippen LogP contribution in [0.15, 0.2) is 0 Å². The summed E-state index contributed by atoms with van der Waals surface area (Å²) in [5.41, 5.74) is -0.658. The Morgan fingerprint density at radius 1 is 1.29 bits per heavy atom. The van der Waals surface area contributed by atoms with Crippen molar-refractivity contribution in [1.82, 2.24) is 10.2 Å².